The van der Waals surface area contributed by atoms with Crippen LogP contribution < -0.4 is 20.7 Å². The molecule has 4 heterocycles. The van der Waals surface area contributed by atoms with Crippen LogP contribution in [0, 0.1) is 13.8 Å². The molecule has 0 radical (unpaired) electrons. The molecule has 1 fully saturated rings. The van der Waals surface area contributed by atoms with E-state index in [-0.39, 0.29) is 18.6 Å². The Morgan fingerprint density at radius 2 is 1.81 bits per heavy atom. The van der Waals surface area contributed by atoms with Crippen LogP contribution in [-0.4, -0.2) is 62.0 Å². The van der Waals surface area contributed by atoms with Gasteiger partial charge < -0.3 is 20.3 Å². The predicted molar refractivity (Wildman–Crippen MR) is 119 cm³/mol. The molecule has 0 atom stereocenters. The Labute approximate surface area is 185 Å². The van der Waals surface area contributed by atoms with Gasteiger partial charge in [0.2, 0.25) is 11.9 Å². The van der Waals surface area contributed by atoms with Gasteiger partial charge >= 0.3 is 6.03 Å². The van der Waals surface area contributed by atoms with E-state index in [2.05, 4.69) is 35.1 Å². The minimum Gasteiger partial charge on any atom is -0.483 e. The summed E-state index contributed by atoms with van der Waals surface area (Å²) in [5.74, 6) is 1.90. The van der Waals surface area contributed by atoms with Gasteiger partial charge in [0.25, 0.3) is 0 Å². The Hall–Kier alpha value is -4.02. The lowest BCUT2D eigenvalue weighted by Gasteiger charge is -2.35. The Bertz CT molecular complexity index is 1080. The van der Waals surface area contributed by atoms with Crippen molar-refractivity contribution in [2.24, 2.45) is 0 Å². The number of nitrogen functional groups attached to an aromatic ring is 1. The molecule has 3 aromatic heterocycles. The van der Waals surface area contributed by atoms with Gasteiger partial charge in [0.1, 0.15) is 6.61 Å². The number of piperazine rings is 1. The summed E-state index contributed by atoms with van der Waals surface area (Å²) in [6, 6.07) is 7.09. The summed E-state index contributed by atoms with van der Waals surface area (Å²) in [6.45, 7) is 6.31. The number of nitrogens with one attached hydrogen (secondary N) is 1. The van der Waals surface area contributed by atoms with Crippen LogP contribution in [0.25, 0.3) is 0 Å². The smallest absolute Gasteiger partial charge is 0.324 e. The normalized spacial score (nSPS) is 13.7. The lowest BCUT2D eigenvalue weighted by atomic mass is 10.3. The minimum absolute atomic E-state index is 0.207. The van der Waals surface area contributed by atoms with Crippen LogP contribution in [0.5, 0.6) is 5.75 Å². The highest BCUT2D eigenvalue weighted by atomic mass is 16.5. The summed E-state index contributed by atoms with van der Waals surface area (Å²) >= 11 is 0. The zero-order valence-electron chi connectivity index (χ0n) is 18.0. The van der Waals surface area contributed by atoms with Gasteiger partial charge in [-0.25, -0.2) is 29.7 Å². The van der Waals surface area contributed by atoms with Crippen molar-refractivity contribution < 1.29 is 9.53 Å². The van der Waals surface area contributed by atoms with Gasteiger partial charge in [-0.2, -0.15) is 0 Å². The summed E-state index contributed by atoms with van der Waals surface area (Å²) in [4.78, 5) is 37.6. The number of urea groups is 1. The predicted octanol–water partition coefficient (Wildman–Crippen LogP) is 1.79. The number of aryl methyl sites for hydroxylation is 2. The van der Waals surface area contributed by atoms with Crippen molar-refractivity contribution in [3.63, 3.8) is 0 Å². The Morgan fingerprint density at radius 3 is 2.53 bits per heavy atom. The third-order valence-corrected chi connectivity index (χ3v) is 4.93. The van der Waals surface area contributed by atoms with Crippen LogP contribution >= 0.6 is 0 Å². The van der Waals surface area contributed by atoms with E-state index in [0.29, 0.717) is 43.6 Å². The lowest BCUT2D eigenvalue weighted by Crippen LogP contribution is -2.50. The van der Waals surface area contributed by atoms with Crippen molar-refractivity contribution in [3.8, 4) is 5.75 Å². The number of amides is 2. The summed E-state index contributed by atoms with van der Waals surface area (Å²) < 4.78 is 5.95. The molecule has 1 aliphatic rings. The second-order valence-electron chi connectivity index (χ2n) is 7.40. The summed E-state index contributed by atoms with van der Waals surface area (Å²) in [6.07, 6.45) is 3.32. The SMILES string of the molecule is Cc1cc(C)nc(NC(=O)N2CCN(c3ncccc3OCc3ccnc(N)n3)CC2)n1. The number of aromatic nitrogens is 5. The van der Waals surface area contributed by atoms with Gasteiger partial charge in [-0.15, -0.1) is 0 Å². The largest absolute Gasteiger partial charge is 0.483 e. The lowest BCUT2D eigenvalue weighted by molar-refractivity contribution is 0.207. The number of carbonyl (C=O) groups excluding carboxylic acids is 1. The maximum atomic E-state index is 12.6. The number of pyridine rings is 1. The van der Waals surface area contributed by atoms with E-state index in [9.17, 15) is 4.79 Å². The van der Waals surface area contributed by atoms with Crippen LogP contribution in [0.4, 0.5) is 22.5 Å². The van der Waals surface area contributed by atoms with Crippen molar-refractivity contribution in [3.05, 3.63) is 53.7 Å². The van der Waals surface area contributed by atoms with Gasteiger partial charge in [0.05, 0.1) is 5.69 Å². The topological polar surface area (TPSA) is 135 Å². The van der Waals surface area contributed by atoms with Gasteiger partial charge in [0, 0.05) is 50.0 Å². The molecule has 11 nitrogen and oxygen atoms in total. The van der Waals surface area contributed by atoms with Crippen LogP contribution in [-0.2, 0) is 6.61 Å². The van der Waals surface area contributed by atoms with E-state index in [1.54, 1.807) is 23.4 Å². The van der Waals surface area contributed by atoms with Crippen LogP contribution in [0.2, 0.25) is 0 Å². The van der Waals surface area contributed by atoms with Crippen molar-refractivity contribution in [1.29, 1.82) is 0 Å². The zero-order chi connectivity index (χ0) is 22.5. The Balaban J connectivity index is 1.36. The van der Waals surface area contributed by atoms with Crippen LogP contribution in [0.1, 0.15) is 17.1 Å². The number of hydrogen-bond acceptors (Lipinski definition) is 9. The molecule has 0 spiro atoms. The van der Waals surface area contributed by atoms with E-state index < -0.39 is 0 Å². The number of nitrogens with zero attached hydrogens (tertiary/aromatic N) is 7. The highest BCUT2D eigenvalue weighted by molar-refractivity contribution is 5.87. The first-order valence-corrected chi connectivity index (χ1v) is 10.3. The Morgan fingerprint density at radius 1 is 1.06 bits per heavy atom. The molecule has 1 saturated heterocycles. The van der Waals surface area contributed by atoms with Gasteiger partial charge in [0.15, 0.2) is 11.6 Å². The second kappa shape index (κ2) is 9.41. The van der Waals surface area contributed by atoms with Crippen LogP contribution in [0.15, 0.2) is 36.7 Å². The summed E-state index contributed by atoms with van der Waals surface area (Å²) in [5, 5.41) is 2.79. The monoisotopic (exact) mass is 435 g/mol. The fraction of sp³-hybridized carbons (Fsp3) is 0.333. The number of hydrogen-bond donors (Lipinski definition) is 2. The molecule has 32 heavy (non-hydrogen) atoms. The molecule has 1 aliphatic heterocycles. The number of carbonyl (C=O) groups is 1. The van der Waals surface area contributed by atoms with Crippen molar-refractivity contribution in [2.75, 3.05) is 42.1 Å². The first kappa shape index (κ1) is 21.2. The third-order valence-electron chi connectivity index (χ3n) is 4.93. The first-order valence-electron chi connectivity index (χ1n) is 10.3. The average molecular weight is 435 g/mol. The third kappa shape index (κ3) is 5.17. The molecule has 0 saturated carbocycles. The molecular weight excluding hydrogens is 410 g/mol. The number of rotatable bonds is 5. The molecule has 4 rings (SSSR count). The molecular formula is C21H25N9O2. The van der Waals surface area contributed by atoms with E-state index in [0.717, 1.165) is 17.2 Å². The zero-order valence-corrected chi connectivity index (χ0v) is 18.0. The van der Waals surface area contributed by atoms with Crippen molar-refractivity contribution in [1.82, 2.24) is 29.8 Å². The fourth-order valence-electron chi connectivity index (χ4n) is 3.46. The minimum atomic E-state index is -0.214. The maximum absolute atomic E-state index is 12.6. The molecule has 0 unspecified atom stereocenters. The molecule has 3 N–H and O–H groups in total. The van der Waals surface area contributed by atoms with E-state index in [1.165, 1.54) is 0 Å². The van der Waals surface area contributed by atoms with Crippen molar-refractivity contribution in [2.45, 2.75) is 20.5 Å². The quantitative estimate of drug-likeness (QED) is 0.615. The molecule has 166 valence electrons. The average Bonchev–Trinajstić information content (AvgIpc) is 2.77. The summed E-state index contributed by atoms with van der Waals surface area (Å²) in [7, 11) is 0. The van der Waals surface area contributed by atoms with Gasteiger partial charge in [-0.05, 0) is 38.1 Å². The van der Waals surface area contributed by atoms with E-state index in [4.69, 9.17) is 10.5 Å². The molecule has 0 aromatic carbocycles. The Kier molecular flexibility index (Phi) is 6.24. The second-order valence-corrected chi connectivity index (χ2v) is 7.40. The van der Waals surface area contributed by atoms with E-state index in [1.807, 2.05) is 32.0 Å². The fourth-order valence-corrected chi connectivity index (χ4v) is 3.46. The number of ether oxygens (including phenoxy) is 1. The van der Waals surface area contributed by atoms with E-state index >= 15 is 0 Å². The first-order chi connectivity index (χ1) is 15.5. The van der Waals surface area contributed by atoms with Crippen LogP contribution in [0.3, 0.4) is 0 Å². The molecule has 11 heteroatoms. The molecule has 0 bridgehead atoms. The number of nitrogens with two attached hydrogens (primary N) is 1. The summed E-state index contributed by atoms with van der Waals surface area (Å²) in [5.41, 5.74) is 7.93. The molecule has 0 aliphatic carbocycles. The highest BCUT2D eigenvalue weighted by Crippen LogP contribution is 2.27. The van der Waals surface area contributed by atoms with Gasteiger partial charge in [-0.1, -0.05) is 0 Å². The molecule has 3 aromatic rings. The number of anilines is 3. The highest BCUT2D eigenvalue weighted by Gasteiger charge is 2.24. The van der Waals surface area contributed by atoms with Crippen molar-refractivity contribution >= 4 is 23.7 Å². The molecule has 2 amide bonds. The standard InChI is InChI=1S/C21H25N9O2/c1-14-12-15(2)26-20(25-14)28-21(31)30-10-8-29(9-11-30)18-17(4-3-6-23-18)32-13-16-5-7-24-19(22)27-16/h3-7,12H,8-11,13H2,1-2H3,(H2,22,24,27)(H,25,26,28,31). The maximum Gasteiger partial charge on any atom is 0.324 e. The van der Waals surface area contributed by atoms with Gasteiger partial charge in [-0.3, -0.25) is 5.32 Å².